The highest BCUT2D eigenvalue weighted by molar-refractivity contribution is 6.05. The van der Waals surface area contributed by atoms with Gasteiger partial charge in [0.2, 0.25) is 0 Å². The second-order valence-corrected chi connectivity index (χ2v) is 13.2. The monoisotopic (exact) mass is 640 g/mol. The highest BCUT2D eigenvalue weighted by Gasteiger charge is 2.42. The van der Waals surface area contributed by atoms with Crippen LogP contribution in [0.2, 0.25) is 0 Å². The summed E-state index contributed by atoms with van der Waals surface area (Å²) in [5, 5.41) is 2.28. The number of hydrogen-bond donors (Lipinski definition) is 0. The fraction of sp³-hybridized carbons (Fsp3) is 0.0652. The van der Waals surface area contributed by atoms with Crippen LogP contribution in [0, 0.1) is 0 Å². The zero-order valence-electron chi connectivity index (χ0n) is 27.5. The molecule has 2 atom stereocenters. The topological polar surface area (TPSA) is 41.9 Å². The van der Waals surface area contributed by atoms with Gasteiger partial charge in [0.15, 0.2) is 17.5 Å². The van der Waals surface area contributed by atoms with Crippen molar-refractivity contribution >= 4 is 22.1 Å². The number of rotatable bonds is 4. The van der Waals surface area contributed by atoms with Crippen molar-refractivity contribution < 1.29 is 0 Å². The van der Waals surface area contributed by atoms with Gasteiger partial charge in [0, 0.05) is 45.4 Å². The largest absolute Gasteiger partial charge is 0.337 e. The lowest BCUT2D eigenvalue weighted by Gasteiger charge is -2.30. The van der Waals surface area contributed by atoms with Crippen LogP contribution in [0.5, 0.6) is 0 Å². The summed E-state index contributed by atoms with van der Waals surface area (Å²) < 4.78 is 0. The highest BCUT2D eigenvalue weighted by Crippen LogP contribution is 2.57. The van der Waals surface area contributed by atoms with Crippen molar-refractivity contribution in [3.63, 3.8) is 0 Å². The van der Waals surface area contributed by atoms with Gasteiger partial charge < -0.3 is 4.90 Å². The molecule has 0 amide bonds. The van der Waals surface area contributed by atoms with Gasteiger partial charge in [0.25, 0.3) is 0 Å². The highest BCUT2D eigenvalue weighted by atomic mass is 15.2. The number of benzene rings is 7. The Kier molecular flexibility index (Phi) is 6.50. The third-order valence-electron chi connectivity index (χ3n) is 10.4. The predicted molar refractivity (Wildman–Crippen MR) is 204 cm³/mol. The summed E-state index contributed by atoms with van der Waals surface area (Å²) in [5.41, 5.74) is 13.4. The smallest absolute Gasteiger partial charge is 0.164 e. The van der Waals surface area contributed by atoms with Crippen molar-refractivity contribution in [2.24, 2.45) is 0 Å². The molecule has 4 nitrogen and oxygen atoms in total. The fourth-order valence-electron chi connectivity index (χ4n) is 8.28. The van der Waals surface area contributed by atoms with Crippen molar-refractivity contribution in [2.75, 3.05) is 4.90 Å². The van der Waals surface area contributed by atoms with Crippen LogP contribution in [0.1, 0.15) is 24.0 Å². The first kappa shape index (κ1) is 28.6. The molecule has 1 aromatic heterocycles. The lowest BCUT2D eigenvalue weighted by Crippen LogP contribution is -2.27. The zero-order chi connectivity index (χ0) is 33.2. The van der Waals surface area contributed by atoms with E-state index in [9.17, 15) is 0 Å². The van der Waals surface area contributed by atoms with Gasteiger partial charge >= 0.3 is 0 Å². The quantitative estimate of drug-likeness (QED) is 0.192. The Morgan fingerprint density at radius 3 is 1.64 bits per heavy atom. The van der Waals surface area contributed by atoms with E-state index in [0.29, 0.717) is 17.5 Å². The Morgan fingerprint density at radius 1 is 0.400 bits per heavy atom. The molecule has 50 heavy (non-hydrogen) atoms. The van der Waals surface area contributed by atoms with Crippen LogP contribution < -0.4 is 4.90 Å². The van der Waals surface area contributed by atoms with Crippen LogP contribution in [0.15, 0.2) is 164 Å². The Bertz CT molecular complexity index is 2520. The number of aromatic nitrogens is 3. The van der Waals surface area contributed by atoms with Crippen molar-refractivity contribution in [1.82, 2.24) is 15.0 Å². The first-order valence-electron chi connectivity index (χ1n) is 17.2. The van der Waals surface area contributed by atoms with Crippen LogP contribution in [-0.4, -0.2) is 21.0 Å². The van der Waals surface area contributed by atoms with Crippen LogP contribution in [-0.2, 0) is 0 Å². The van der Waals surface area contributed by atoms with E-state index in [4.69, 9.17) is 15.0 Å². The standard InChI is InChI=1S/C46H32N4/c1-29-42-37-24-13-11-20-33(37)32-19-8-9-21-34(32)38-25-14-26-41(43(38)42)50(29)40-28-27-39(35-22-10-12-23-36(35)40)46-48-44(30-15-4-2-5-16-30)47-45(49-46)31-17-6-3-7-18-31/h2-29,42H,1H3. The fourth-order valence-corrected chi connectivity index (χ4v) is 8.28. The maximum Gasteiger partial charge on any atom is 0.164 e. The minimum Gasteiger partial charge on any atom is -0.337 e. The molecule has 1 aliphatic heterocycles. The van der Waals surface area contributed by atoms with Crippen molar-refractivity contribution in [2.45, 2.75) is 18.9 Å². The maximum atomic E-state index is 5.09. The molecule has 4 heteroatoms. The Morgan fingerprint density at radius 2 is 0.940 bits per heavy atom. The van der Waals surface area contributed by atoms with E-state index in [1.807, 2.05) is 36.4 Å². The number of hydrogen-bond acceptors (Lipinski definition) is 4. The van der Waals surface area contributed by atoms with E-state index < -0.39 is 0 Å². The average Bonchev–Trinajstić information content (AvgIpc) is 3.41. The summed E-state index contributed by atoms with van der Waals surface area (Å²) >= 11 is 0. The summed E-state index contributed by atoms with van der Waals surface area (Å²) in [7, 11) is 0. The van der Waals surface area contributed by atoms with Crippen LogP contribution in [0.4, 0.5) is 11.4 Å². The van der Waals surface area contributed by atoms with Gasteiger partial charge in [0.05, 0.1) is 0 Å². The van der Waals surface area contributed by atoms with E-state index in [1.165, 1.54) is 50.1 Å². The van der Waals surface area contributed by atoms with E-state index in [1.54, 1.807) is 0 Å². The van der Waals surface area contributed by atoms with E-state index >= 15 is 0 Å². The second kappa shape index (κ2) is 11.4. The predicted octanol–water partition coefficient (Wildman–Crippen LogP) is 11.3. The Hall–Kier alpha value is -6.39. The molecule has 0 N–H and O–H groups in total. The van der Waals surface area contributed by atoms with Gasteiger partial charge in [-0.15, -0.1) is 0 Å². The number of nitrogens with zero attached hydrogens (tertiary/aromatic N) is 4. The molecular weight excluding hydrogens is 609 g/mol. The minimum absolute atomic E-state index is 0.183. The van der Waals surface area contributed by atoms with Crippen LogP contribution in [0.25, 0.3) is 67.2 Å². The Balaban J connectivity index is 1.18. The maximum absolute atomic E-state index is 5.09. The molecule has 0 spiro atoms. The lowest BCUT2D eigenvalue weighted by atomic mass is 9.85. The molecule has 236 valence electrons. The third-order valence-corrected chi connectivity index (χ3v) is 10.4. The van der Waals surface area contributed by atoms with Crippen molar-refractivity contribution in [1.29, 1.82) is 0 Å². The van der Waals surface area contributed by atoms with Gasteiger partial charge in [-0.2, -0.15) is 0 Å². The number of anilines is 2. The molecule has 1 aliphatic carbocycles. The van der Waals surface area contributed by atoms with E-state index in [0.717, 1.165) is 22.1 Å². The molecule has 0 saturated heterocycles. The van der Waals surface area contributed by atoms with Gasteiger partial charge in [-0.25, -0.2) is 15.0 Å². The molecule has 10 rings (SSSR count). The molecule has 0 radical (unpaired) electrons. The van der Waals surface area contributed by atoms with Gasteiger partial charge in [-0.1, -0.05) is 146 Å². The normalized spacial score (nSPS) is 15.7. The van der Waals surface area contributed by atoms with Crippen molar-refractivity contribution in [3.8, 4) is 56.4 Å². The van der Waals surface area contributed by atoms with Crippen LogP contribution >= 0.6 is 0 Å². The first-order valence-corrected chi connectivity index (χ1v) is 17.2. The summed E-state index contributed by atoms with van der Waals surface area (Å²) in [6, 6.07) is 58.4. The van der Waals surface area contributed by atoms with Crippen molar-refractivity contribution in [3.05, 3.63) is 175 Å². The second-order valence-electron chi connectivity index (χ2n) is 13.2. The molecule has 8 aromatic rings. The van der Waals surface area contributed by atoms with Gasteiger partial charge in [0.1, 0.15) is 0 Å². The molecule has 2 aliphatic rings. The first-order chi connectivity index (χ1) is 24.7. The summed E-state index contributed by atoms with van der Waals surface area (Å²) in [6.45, 7) is 2.38. The molecule has 7 aromatic carbocycles. The molecule has 0 bridgehead atoms. The summed E-state index contributed by atoms with van der Waals surface area (Å²) in [5.74, 6) is 2.20. The van der Waals surface area contributed by atoms with E-state index in [-0.39, 0.29) is 12.0 Å². The third kappa shape index (κ3) is 4.35. The molecule has 0 fully saturated rings. The van der Waals surface area contributed by atoms with Gasteiger partial charge in [-0.05, 0) is 63.9 Å². The lowest BCUT2D eigenvalue weighted by molar-refractivity contribution is 0.677. The summed E-state index contributed by atoms with van der Waals surface area (Å²) in [4.78, 5) is 17.7. The minimum atomic E-state index is 0.183. The Labute approximate surface area is 291 Å². The zero-order valence-corrected chi connectivity index (χ0v) is 27.5. The number of fused-ring (bicyclic) bond motifs is 6. The molecular formula is C46H32N4. The SMILES string of the molecule is CC1C2c3ccccc3-c3ccccc3-c3cccc(c32)N1c1ccc(-c2nc(-c3ccccc3)nc(-c3ccccc3)n2)c2ccccc12. The average molecular weight is 641 g/mol. The van der Waals surface area contributed by atoms with Crippen LogP contribution in [0.3, 0.4) is 0 Å². The molecule has 0 saturated carbocycles. The van der Waals surface area contributed by atoms with E-state index in [2.05, 4.69) is 139 Å². The van der Waals surface area contributed by atoms with Gasteiger partial charge in [-0.3, -0.25) is 0 Å². The molecule has 2 unspecified atom stereocenters. The summed E-state index contributed by atoms with van der Waals surface area (Å²) in [6.07, 6.45) is 0. The molecule has 2 heterocycles.